The van der Waals surface area contributed by atoms with Crippen LogP contribution in [0.4, 0.5) is 13.2 Å². The molecule has 106 valence electrons. The molecular weight excluding hydrogens is 257 g/mol. The van der Waals surface area contributed by atoms with E-state index in [1.165, 1.54) is 12.1 Å². The van der Waals surface area contributed by atoms with Crippen LogP contribution >= 0.6 is 0 Å². The van der Waals surface area contributed by atoms with Gasteiger partial charge in [0.05, 0.1) is 17.8 Å². The molecule has 1 fully saturated rings. The van der Waals surface area contributed by atoms with E-state index in [4.69, 9.17) is 4.74 Å². The van der Waals surface area contributed by atoms with Crippen molar-refractivity contribution in [2.75, 3.05) is 7.11 Å². The molecule has 1 aliphatic rings. The van der Waals surface area contributed by atoms with E-state index in [1.54, 1.807) is 7.11 Å². The summed E-state index contributed by atoms with van der Waals surface area (Å²) in [6.07, 6.45) is -2.81. The summed E-state index contributed by atoms with van der Waals surface area (Å²) in [5, 5.41) is 10.1. The molecule has 0 amide bonds. The molecule has 2 nitrogen and oxygen atoms in total. The zero-order valence-electron chi connectivity index (χ0n) is 10.7. The first-order valence-electron chi connectivity index (χ1n) is 6.29. The van der Waals surface area contributed by atoms with E-state index < -0.39 is 17.8 Å². The molecule has 0 aromatic heterocycles. The second kappa shape index (κ2) is 5.51. The van der Waals surface area contributed by atoms with Crippen LogP contribution in [0.15, 0.2) is 24.3 Å². The molecule has 1 saturated carbocycles. The van der Waals surface area contributed by atoms with E-state index in [-0.39, 0.29) is 6.10 Å². The lowest BCUT2D eigenvalue weighted by atomic mass is 10.00. The van der Waals surface area contributed by atoms with Gasteiger partial charge in [0, 0.05) is 13.5 Å². The molecule has 5 heteroatoms. The van der Waals surface area contributed by atoms with E-state index in [9.17, 15) is 18.3 Å². The Labute approximate surface area is 110 Å². The van der Waals surface area contributed by atoms with Crippen LogP contribution in [0.5, 0.6) is 0 Å². The minimum absolute atomic E-state index is 0.220. The number of hydrogen-bond donors (Lipinski definition) is 1. The first-order chi connectivity index (χ1) is 8.91. The monoisotopic (exact) mass is 274 g/mol. The van der Waals surface area contributed by atoms with Crippen LogP contribution in [0, 0.1) is 5.92 Å². The van der Waals surface area contributed by atoms with E-state index in [2.05, 4.69) is 0 Å². The van der Waals surface area contributed by atoms with Crippen LogP contribution < -0.4 is 0 Å². The highest BCUT2D eigenvalue weighted by Gasteiger charge is 2.36. The molecule has 0 heterocycles. The van der Waals surface area contributed by atoms with Gasteiger partial charge in [-0.3, -0.25) is 0 Å². The van der Waals surface area contributed by atoms with Gasteiger partial charge >= 0.3 is 6.18 Å². The Morgan fingerprint density at radius 1 is 1.26 bits per heavy atom. The highest BCUT2D eigenvalue weighted by molar-refractivity contribution is 5.25. The van der Waals surface area contributed by atoms with Crippen LogP contribution in [-0.4, -0.2) is 24.4 Å². The summed E-state index contributed by atoms with van der Waals surface area (Å²) in [5.74, 6) is 0.384. The molecular formula is C14H17F3O2. The molecule has 1 aromatic rings. The fourth-order valence-electron chi connectivity index (χ4n) is 2.28. The molecule has 0 spiro atoms. The second-order valence-electron chi connectivity index (χ2n) is 5.00. The Balaban J connectivity index is 1.99. The summed E-state index contributed by atoms with van der Waals surface area (Å²) in [7, 11) is 1.55. The number of halogens is 3. The van der Waals surface area contributed by atoms with Gasteiger partial charge in [0.2, 0.25) is 0 Å². The normalized spacial score (nSPS) is 19.2. The SMILES string of the molecule is COC(C(O)Cc1ccc(C(F)(F)F)cc1)C1CC1. The lowest BCUT2D eigenvalue weighted by Crippen LogP contribution is -2.31. The summed E-state index contributed by atoms with van der Waals surface area (Å²) < 4.78 is 42.5. The summed E-state index contributed by atoms with van der Waals surface area (Å²) in [4.78, 5) is 0. The molecule has 19 heavy (non-hydrogen) atoms. The van der Waals surface area contributed by atoms with Crippen molar-refractivity contribution in [1.29, 1.82) is 0 Å². The topological polar surface area (TPSA) is 29.5 Å². The smallest absolute Gasteiger partial charge is 0.390 e. The Kier molecular flexibility index (Phi) is 4.16. The molecule has 0 saturated heterocycles. The second-order valence-corrected chi connectivity index (χ2v) is 5.00. The van der Waals surface area contributed by atoms with Crippen molar-refractivity contribution in [2.45, 2.75) is 37.6 Å². The van der Waals surface area contributed by atoms with Crippen molar-refractivity contribution in [3.63, 3.8) is 0 Å². The van der Waals surface area contributed by atoms with Crippen LogP contribution in [0.25, 0.3) is 0 Å². The zero-order chi connectivity index (χ0) is 14.0. The quantitative estimate of drug-likeness (QED) is 0.894. The summed E-state index contributed by atoms with van der Waals surface area (Å²) in [5.41, 5.74) is 0.0134. The number of alkyl halides is 3. The van der Waals surface area contributed by atoms with Gasteiger partial charge in [0.1, 0.15) is 0 Å². The summed E-state index contributed by atoms with van der Waals surface area (Å²) in [6, 6.07) is 4.90. The lowest BCUT2D eigenvalue weighted by molar-refractivity contribution is -0.137. The fraction of sp³-hybridized carbons (Fsp3) is 0.571. The number of hydrogen-bond acceptors (Lipinski definition) is 2. The largest absolute Gasteiger partial charge is 0.416 e. The van der Waals surface area contributed by atoms with Gasteiger partial charge in [0.15, 0.2) is 0 Å². The predicted molar refractivity (Wildman–Crippen MR) is 64.7 cm³/mol. The molecule has 0 bridgehead atoms. The summed E-state index contributed by atoms with van der Waals surface area (Å²) >= 11 is 0. The van der Waals surface area contributed by atoms with Crippen molar-refractivity contribution in [2.24, 2.45) is 5.92 Å². The van der Waals surface area contributed by atoms with Crippen molar-refractivity contribution < 1.29 is 23.0 Å². The van der Waals surface area contributed by atoms with Crippen LogP contribution in [0.1, 0.15) is 24.0 Å². The number of aliphatic hydroxyl groups excluding tert-OH is 1. The third-order valence-corrected chi connectivity index (χ3v) is 3.46. The third-order valence-electron chi connectivity index (χ3n) is 3.46. The van der Waals surface area contributed by atoms with Gasteiger partial charge < -0.3 is 9.84 Å². The highest BCUT2D eigenvalue weighted by atomic mass is 19.4. The maximum absolute atomic E-state index is 12.4. The summed E-state index contributed by atoms with van der Waals surface area (Å²) in [6.45, 7) is 0. The maximum atomic E-state index is 12.4. The number of benzene rings is 1. The molecule has 2 unspecified atom stereocenters. The van der Waals surface area contributed by atoms with Crippen molar-refractivity contribution >= 4 is 0 Å². The van der Waals surface area contributed by atoms with Gasteiger partial charge in [-0.15, -0.1) is 0 Å². The van der Waals surface area contributed by atoms with E-state index in [0.717, 1.165) is 25.0 Å². The van der Waals surface area contributed by atoms with Gasteiger partial charge in [-0.05, 0) is 36.5 Å². The molecule has 1 aliphatic carbocycles. The van der Waals surface area contributed by atoms with Gasteiger partial charge in [-0.2, -0.15) is 13.2 Å². The number of rotatable bonds is 5. The van der Waals surface area contributed by atoms with Crippen LogP contribution in [0.2, 0.25) is 0 Å². The predicted octanol–water partition coefficient (Wildman–Crippen LogP) is 3.03. The van der Waals surface area contributed by atoms with Crippen LogP contribution in [-0.2, 0) is 17.3 Å². The van der Waals surface area contributed by atoms with Crippen molar-refractivity contribution in [1.82, 2.24) is 0 Å². The lowest BCUT2D eigenvalue weighted by Gasteiger charge is -2.21. The number of aliphatic hydroxyl groups is 1. The fourth-order valence-corrected chi connectivity index (χ4v) is 2.28. The van der Waals surface area contributed by atoms with Gasteiger partial charge in [0.25, 0.3) is 0 Å². The molecule has 0 aliphatic heterocycles. The van der Waals surface area contributed by atoms with Crippen molar-refractivity contribution in [3.05, 3.63) is 35.4 Å². The number of ether oxygens (including phenoxy) is 1. The maximum Gasteiger partial charge on any atom is 0.416 e. The minimum Gasteiger partial charge on any atom is -0.390 e. The molecule has 2 atom stereocenters. The van der Waals surface area contributed by atoms with Crippen molar-refractivity contribution in [3.8, 4) is 0 Å². The van der Waals surface area contributed by atoms with E-state index >= 15 is 0 Å². The van der Waals surface area contributed by atoms with Gasteiger partial charge in [-0.25, -0.2) is 0 Å². The Morgan fingerprint density at radius 2 is 1.84 bits per heavy atom. The standard InChI is InChI=1S/C14H17F3O2/c1-19-13(10-4-5-10)12(18)8-9-2-6-11(7-3-9)14(15,16)17/h2-3,6-7,10,12-13,18H,4-5,8H2,1H3. The Morgan fingerprint density at radius 3 is 2.26 bits per heavy atom. The third kappa shape index (κ3) is 3.70. The average molecular weight is 274 g/mol. The highest BCUT2D eigenvalue weighted by Crippen LogP contribution is 2.36. The van der Waals surface area contributed by atoms with Gasteiger partial charge in [-0.1, -0.05) is 12.1 Å². The molecule has 2 rings (SSSR count). The van der Waals surface area contributed by atoms with Crippen LogP contribution in [0.3, 0.4) is 0 Å². The Bertz CT molecular complexity index is 410. The Hall–Kier alpha value is -1.07. The molecule has 1 N–H and O–H groups in total. The first-order valence-corrected chi connectivity index (χ1v) is 6.29. The first kappa shape index (κ1) is 14.3. The van der Waals surface area contributed by atoms with E-state index in [1.807, 2.05) is 0 Å². The zero-order valence-corrected chi connectivity index (χ0v) is 10.7. The molecule has 0 radical (unpaired) electrons. The van der Waals surface area contributed by atoms with E-state index in [0.29, 0.717) is 17.9 Å². The average Bonchev–Trinajstić information content (AvgIpc) is 3.14. The molecule has 1 aromatic carbocycles. The minimum atomic E-state index is -4.32. The number of methoxy groups -OCH3 is 1.